The Balaban J connectivity index is 1.60. The second-order valence-corrected chi connectivity index (χ2v) is 8.23. The summed E-state index contributed by atoms with van der Waals surface area (Å²) in [4.78, 5) is 42.4. The molecule has 0 aliphatic carbocycles. The Labute approximate surface area is 199 Å². The summed E-state index contributed by atoms with van der Waals surface area (Å²) in [6.07, 6.45) is 3.74. The number of nitrogens with one attached hydrogen (secondary N) is 1. The first-order valence-electron chi connectivity index (χ1n) is 11.4. The van der Waals surface area contributed by atoms with Crippen LogP contribution in [0.4, 0.5) is 5.69 Å². The molecule has 0 saturated carbocycles. The van der Waals surface area contributed by atoms with E-state index in [2.05, 4.69) is 11.9 Å². The summed E-state index contributed by atoms with van der Waals surface area (Å²) in [5, 5.41) is 2.77. The van der Waals surface area contributed by atoms with E-state index in [1.165, 1.54) is 14.2 Å². The highest BCUT2D eigenvalue weighted by Crippen LogP contribution is 2.49. The van der Waals surface area contributed by atoms with Crippen molar-refractivity contribution < 1.29 is 23.9 Å². The van der Waals surface area contributed by atoms with E-state index in [-0.39, 0.29) is 17.7 Å². The fourth-order valence-corrected chi connectivity index (χ4v) is 4.67. The average Bonchev–Trinajstić information content (AvgIpc) is 3.16. The largest absolute Gasteiger partial charge is 0.493 e. The lowest BCUT2D eigenvalue weighted by molar-refractivity contribution is -0.121. The standard InChI is InChI=1S/C26H29N3O5/c1-4-15-27-21(30)12-6-5-9-16-28-24-18-13-14-20(33-2)23(34-3)22(18)26(32)29(24)19-11-8-7-10-17(19)25(28)31/h4,7-8,10-11,13-14,24H,1,5-6,9,12,15-16H2,2-3H3,(H,27,30). The number of ether oxygens (including phenoxy) is 2. The first-order chi connectivity index (χ1) is 16.5. The smallest absolute Gasteiger partial charge is 0.264 e. The molecule has 2 aromatic carbocycles. The summed E-state index contributed by atoms with van der Waals surface area (Å²) < 4.78 is 11.0. The molecule has 0 saturated heterocycles. The van der Waals surface area contributed by atoms with Crippen LogP contribution in [0, 0.1) is 0 Å². The van der Waals surface area contributed by atoms with Gasteiger partial charge in [-0.3, -0.25) is 19.3 Å². The highest BCUT2D eigenvalue weighted by molar-refractivity contribution is 6.18. The van der Waals surface area contributed by atoms with Crippen molar-refractivity contribution in [3.8, 4) is 11.5 Å². The van der Waals surface area contributed by atoms with Crippen LogP contribution in [0.5, 0.6) is 11.5 Å². The molecule has 1 N–H and O–H groups in total. The molecular formula is C26H29N3O5. The number of hydrogen-bond acceptors (Lipinski definition) is 5. The Kier molecular flexibility index (Phi) is 6.86. The zero-order valence-electron chi connectivity index (χ0n) is 19.5. The minimum Gasteiger partial charge on any atom is -0.493 e. The third-order valence-electron chi connectivity index (χ3n) is 6.23. The molecule has 0 bridgehead atoms. The van der Waals surface area contributed by atoms with Crippen molar-refractivity contribution in [1.82, 2.24) is 10.2 Å². The number of fused-ring (bicyclic) bond motifs is 5. The van der Waals surface area contributed by atoms with Gasteiger partial charge in [0.05, 0.1) is 31.0 Å². The van der Waals surface area contributed by atoms with Crippen LogP contribution in [0.2, 0.25) is 0 Å². The van der Waals surface area contributed by atoms with E-state index in [1.54, 1.807) is 40.1 Å². The molecule has 2 aliphatic heterocycles. The lowest BCUT2D eigenvalue weighted by Crippen LogP contribution is -2.48. The van der Waals surface area contributed by atoms with Gasteiger partial charge in [0, 0.05) is 25.1 Å². The number of anilines is 1. The van der Waals surface area contributed by atoms with Gasteiger partial charge in [0.15, 0.2) is 11.5 Å². The SMILES string of the molecule is C=CCNC(=O)CCCCCN1C(=O)c2ccccc2N2C(=O)c3c(ccc(OC)c3OC)C12. The number of carbonyl (C=O) groups is 3. The van der Waals surface area contributed by atoms with Crippen molar-refractivity contribution >= 4 is 23.4 Å². The molecule has 8 nitrogen and oxygen atoms in total. The van der Waals surface area contributed by atoms with Gasteiger partial charge in [-0.05, 0) is 31.0 Å². The van der Waals surface area contributed by atoms with Crippen LogP contribution in [0.1, 0.15) is 58.1 Å². The van der Waals surface area contributed by atoms with Gasteiger partial charge >= 0.3 is 0 Å². The molecule has 8 heteroatoms. The molecule has 0 aromatic heterocycles. The zero-order valence-corrected chi connectivity index (χ0v) is 19.5. The van der Waals surface area contributed by atoms with Crippen LogP contribution in [0.3, 0.4) is 0 Å². The number of para-hydroxylation sites is 1. The Hall–Kier alpha value is -3.81. The Morgan fingerprint density at radius 2 is 1.85 bits per heavy atom. The summed E-state index contributed by atoms with van der Waals surface area (Å²) in [7, 11) is 3.03. The molecule has 3 amide bonds. The number of carbonyl (C=O) groups excluding carboxylic acids is 3. The molecule has 34 heavy (non-hydrogen) atoms. The van der Waals surface area contributed by atoms with Crippen molar-refractivity contribution in [3.05, 3.63) is 65.7 Å². The number of hydrogen-bond donors (Lipinski definition) is 1. The van der Waals surface area contributed by atoms with Gasteiger partial charge in [0.2, 0.25) is 5.91 Å². The van der Waals surface area contributed by atoms with Gasteiger partial charge in [-0.25, -0.2) is 0 Å². The van der Waals surface area contributed by atoms with Crippen LogP contribution >= 0.6 is 0 Å². The lowest BCUT2D eigenvalue weighted by atomic mass is 10.0. The molecule has 0 spiro atoms. The van der Waals surface area contributed by atoms with Crippen LogP contribution in [-0.4, -0.2) is 49.9 Å². The van der Waals surface area contributed by atoms with Gasteiger partial charge in [0.25, 0.3) is 11.8 Å². The van der Waals surface area contributed by atoms with Gasteiger partial charge in [-0.15, -0.1) is 6.58 Å². The van der Waals surface area contributed by atoms with Crippen molar-refractivity contribution in [1.29, 1.82) is 0 Å². The molecule has 1 unspecified atom stereocenters. The average molecular weight is 464 g/mol. The third-order valence-corrected chi connectivity index (χ3v) is 6.23. The van der Waals surface area contributed by atoms with E-state index >= 15 is 0 Å². The molecule has 178 valence electrons. The van der Waals surface area contributed by atoms with E-state index < -0.39 is 6.17 Å². The second-order valence-electron chi connectivity index (χ2n) is 8.23. The Morgan fingerprint density at radius 1 is 1.06 bits per heavy atom. The first kappa shape index (κ1) is 23.4. The summed E-state index contributed by atoms with van der Waals surface area (Å²) in [6.45, 7) is 4.51. The molecule has 4 rings (SSSR count). The minimum absolute atomic E-state index is 0.00888. The normalized spacial score (nSPS) is 16.0. The van der Waals surface area contributed by atoms with Gasteiger partial charge in [0.1, 0.15) is 6.17 Å². The number of unbranched alkanes of at least 4 members (excludes halogenated alkanes) is 2. The zero-order chi connectivity index (χ0) is 24.2. The number of nitrogens with zero attached hydrogens (tertiary/aromatic N) is 2. The van der Waals surface area contributed by atoms with Crippen molar-refractivity contribution in [3.63, 3.8) is 0 Å². The molecule has 2 heterocycles. The number of rotatable bonds is 10. The first-order valence-corrected chi connectivity index (χ1v) is 11.4. The molecule has 0 radical (unpaired) electrons. The van der Waals surface area contributed by atoms with Gasteiger partial charge < -0.3 is 19.7 Å². The molecule has 2 aromatic rings. The fourth-order valence-electron chi connectivity index (χ4n) is 4.67. The second kappa shape index (κ2) is 9.99. The summed E-state index contributed by atoms with van der Waals surface area (Å²) >= 11 is 0. The Morgan fingerprint density at radius 3 is 2.59 bits per heavy atom. The Bertz CT molecular complexity index is 1130. The van der Waals surface area contributed by atoms with E-state index in [1.807, 2.05) is 12.1 Å². The predicted molar refractivity (Wildman–Crippen MR) is 128 cm³/mol. The number of benzene rings is 2. The van der Waals surface area contributed by atoms with Crippen LogP contribution in [0.15, 0.2) is 49.1 Å². The molecule has 1 atom stereocenters. The highest BCUT2D eigenvalue weighted by atomic mass is 16.5. The van der Waals surface area contributed by atoms with E-state index in [0.29, 0.717) is 59.8 Å². The van der Waals surface area contributed by atoms with E-state index in [4.69, 9.17) is 9.47 Å². The number of amides is 3. The van der Waals surface area contributed by atoms with Crippen molar-refractivity contribution in [2.75, 3.05) is 32.2 Å². The molecular weight excluding hydrogens is 434 g/mol. The predicted octanol–water partition coefficient (Wildman–Crippen LogP) is 3.68. The minimum atomic E-state index is -0.555. The van der Waals surface area contributed by atoms with E-state index in [9.17, 15) is 14.4 Å². The summed E-state index contributed by atoms with van der Waals surface area (Å²) in [6, 6.07) is 10.8. The van der Waals surface area contributed by atoms with Crippen molar-refractivity contribution in [2.24, 2.45) is 0 Å². The molecule has 2 aliphatic rings. The summed E-state index contributed by atoms with van der Waals surface area (Å²) in [5.74, 6) is 0.492. The van der Waals surface area contributed by atoms with Crippen molar-refractivity contribution in [2.45, 2.75) is 31.8 Å². The highest BCUT2D eigenvalue weighted by Gasteiger charge is 2.49. The molecule has 0 fully saturated rings. The maximum Gasteiger partial charge on any atom is 0.264 e. The quantitative estimate of drug-likeness (QED) is 0.429. The van der Waals surface area contributed by atoms with Crippen LogP contribution < -0.4 is 19.7 Å². The van der Waals surface area contributed by atoms with E-state index in [0.717, 1.165) is 12.8 Å². The fraction of sp³-hybridized carbons (Fsp3) is 0.346. The van der Waals surface area contributed by atoms with Gasteiger partial charge in [-0.1, -0.05) is 30.7 Å². The summed E-state index contributed by atoms with van der Waals surface area (Å²) in [5.41, 5.74) is 2.22. The maximum absolute atomic E-state index is 13.6. The third kappa shape index (κ3) is 4.00. The van der Waals surface area contributed by atoms with Gasteiger partial charge in [-0.2, -0.15) is 0 Å². The van der Waals surface area contributed by atoms with Crippen LogP contribution in [0.25, 0.3) is 0 Å². The topological polar surface area (TPSA) is 88.2 Å². The lowest BCUT2D eigenvalue weighted by Gasteiger charge is -2.41. The monoisotopic (exact) mass is 463 g/mol. The number of methoxy groups -OCH3 is 2. The maximum atomic E-state index is 13.6. The van der Waals surface area contributed by atoms with Crippen LogP contribution in [-0.2, 0) is 4.79 Å².